The first-order valence-electron chi connectivity index (χ1n) is 9.84. The molecule has 1 aromatic heterocycles. The highest BCUT2D eigenvalue weighted by Gasteiger charge is 2.20. The van der Waals surface area contributed by atoms with Gasteiger partial charge in [0.05, 0.1) is 11.6 Å². The molecule has 0 saturated heterocycles. The molecular formula is C22H24N4O3. The van der Waals surface area contributed by atoms with Gasteiger partial charge in [0.2, 0.25) is 5.95 Å². The monoisotopic (exact) mass is 392 g/mol. The van der Waals surface area contributed by atoms with Crippen LogP contribution in [0.15, 0.2) is 54.7 Å². The lowest BCUT2D eigenvalue weighted by Crippen LogP contribution is -2.29. The lowest BCUT2D eigenvalue weighted by molar-refractivity contribution is 0.0783. The average molecular weight is 392 g/mol. The summed E-state index contributed by atoms with van der Waals surface area (Å²) in [6, 6.07) is 14.4. The molecule has 0 aliphatic heterocycles. The van der Waals surface area contributed by atoms with Crippen LogP contribution < -0.4 is 10.6 Å². The summed E-state index contributed by atoms with van der Waals surface area (Å²) in [5, 5.41) is 26.6. The SMILES string of the molecule is O=C(NC(O)c1ccccc1)c1ccc2cnc(N[C@H]3CC[C@H](O)CC3)nc2c1. The summed E-state index contributed by atoms with van der Waals surface area (Å²) < 4.78 is 0. The Bertz CT molecular complexity index is 988. The van der Waals surface area contributed by atoms with Crippen molar-refractivity contribution >= 4 is 22.8 Å². The topological polar surface area (TPSA) is 107 Å². The molecule has 1 saturated carbocycles. The summed E-state index contributed by atoms with van der Waals surface area (Å²) in [7, 11) is 0. The normalized spacial score (nSPS) is 20.2. The number of aliphatic hydroxyl groups is 2. The molecule has 0 spiro atoms. The third-order valence-corrected chi connectivity index (χ3v) is 5.26. The zero-order valence-corrected chi connectivity index (χ0v) is 16.0. The molecular weight excluding hydrogens is 368 g/mol. The van der Waals surface area contributed by atoms with Crippen molar-refractivity contribution in [2.45, 2.75) is 44.1 Å². The van der Waals surface area contributed by atoms with E-state index in [1.807, 2.05) is 6.07 Å². The molecule has 2 aromatic carbocycles. The van der Waals surface area contributed by atoms with Gasteiger partial charge in [-0.15, -0.1) is 0 Å². The highest BCUT2D eigenvalue weighted by atomic mass is 16.3. The molecule has 7 heteroatoms. The fraction of sp³-hybridized carbons (Fsp3) is 0.318. The summed E-state index contributed by atoms with van der Waals surface area (Å²) in [5.74, 6) is 0.137. The average Bonchev–Trinajstić information content (AvgIpc) is 2.75. The molecule has 1 fully saturated rings. The lowest BCUT2D eigenvalue weighted by atomic mass is 9.93. The number of nitrogens with one attached hydrogen (secondary N) is 2. The number of aromatic nitrogens is 2. The summed E-state index contributed by atoms with van der Waals surface area (Å²) >= 11 is 0. The Morgan fingerprint density at radius 1 is 1.07 bits per heavy atom. The maximum absolute atomic E-state index is 12.6. The molecule has 1 atom stereocenters. The number of carbonyl (C=O) groups excluding carboxylic acids is 1. The van der Waals surface area contributed by atoms with Gasteiger partial charge < -0.3 is 20.8 Å². The van der Waals surface area contributed by atoms with Gasteiger partial charge in [-0.2, -0.15) is 0 Å². The Balaban J connectivity index is 1.48. The zero-order chi connectivity index (χ0) is 20.2. The molecule has 0 bridgehead atoms. The van der Waals surface area contributed by atoms with Gasteiger partial charge in [-0.25, -0.2) is 9.97 Å². The molecule has 1 amide bonds. The minimum atomic E-state index is -1.08. The van der Waals surface area contributed by atoms with Crippen molar-refractivity contribution in [3.05, 3.63) is 65.9 Å². The van der Waals surface area contributed by atoms with Crippen molar-refractivity contribution in [3.8, 4) is 0 Å². The number of hydrogen-bond acceptors (Lipinski definition) is 6. The summed E-state index contributed by atoms with van der Waals surface area (Å²) in [4.78, 5) is 21.4. The molecule has 4 N–H and O–H groups in total. The molecule has 1 heterocycles. The third kappa shape index (κ3) is 4.70. The number of rotatable bonds is 5. The van der Waals surface area contributed by atoms with E-state index in [4.69, 9.17) is 0 Å². The molecule has 150 valence electrons. The number of benzene rings is 2. The van der Waals surface area contributed by atoms with Crippen LogP contribution in [0.3, 0.4) is 0 Å². The maximum atomic E-state index is 12.6. The minimum Gasteiger partial charge on any atom is -0.393 e. The van der Waals surface area contributed by atoms with Crippen molar-refractivity contribution < 1.29 is 15.0 Å². The Morgan fingerprint density at radius 2 is 1.83 bits per heavy atom. The van der Waals surface area contributed by atoms with Gasteiger partial charge >= 0.3 is 0 Å². The Kier molecular flexibility index (Phi) is 5.69. The van der Waals surface area contributed by atoms with E-state index in [1.165, 1.54) is 0 Å². The third-order valence-electron chi connectivity index (χ3n) is 5.26. The van der Waals surface area contributed by atoms with Gasteiger partial charge in [0.1, 0.15) is 0 Å². The Hall–Kier alpha value is -3.03. The quantitative estimate of drug-likeness (QED) is 0.498. The second-order valence-corrected chi connectivity index (χ2v) is 7.40. The van der Waals surface area contributed by atoms with Crippen molar-refractivity contribution in [2.24, 2.45) is 0 Å². The fourth-order valence-electron chi connectivity index (χ4n) is 3.56. The van der Waals surface area contributed by atoms with Gasteiger partial charge in [0.25, 0.3) is 5.91 Å². The van der Waals surface area contributed by atoms with Crippen molar-refractivity contribution in [3.63, 3.8) is 0 Å². The van der Waals surface area contributed by atoms with Crippen LogP contribution in [0.2, 0.25) is 0 Å². The van der Waals surface area contributed by atoms with E-state index in [0.29, 0.717) is 22.6 Å². The van der Waals surface area contributed by atoms with E-state index in [0.717, 1.165) is 31.1 Å². The second-order valence-electron chi connectivity index (χ2n) is 7.40. The Morgan fingerprint density at radius 3 is 2.59 bits per heavy atom. The maximum Gasteiger partial charge on any atom is 0.253 e. The van der Waals surface area contributed by atoms with E-state index in [1.54, 1.807) is 48.7 Å². The van der Waals surface area contributed by atoms with E-state index in [2.05, 4.69) is 20.6 Å². The number of amides is 1. The smallest absolute Gasteiger partial charge is 0.253 e. The van der Waals surface area contributed by atoms with Gasteiger partial charge in [0, 0.05) is 28.8 Å². The highest BCUT2D eigenvalue weighted by Crippen LogP contribution is 2.22. The first kappa shape index (κ1) is 19.3. The summed E-state index contributed by atoms with van der Waals surface area (Å²) in [5.41, 5.74) is 1.69. The number of fused-ring (bicyclic) bond motifs is 1. The van der Waals surface area contributed by atoms with Crippen molar-refractivity contribution in [1.82, 2.24) is 15.3 Å². The molecule has 29 heavy (non-hydrogen) atoms. The van der Waals surface area contributed by atoms with E-state index in [9.17, 15) is 15.0 Å². The number of carbonyl (C=O) groups is 1. The minimum absolute atomic E-state index is 0.210. The Labute approximate surface area is 168 Å². The number of hydrogen-bond donors (Lipinski definition) is 4. The van der Waals surface area contributed by atoms with E-state index in [-0.39, 0.29) is 18.1 Å². The second kappa shape index (κ2) is 8.55. The molecule has 1 unspecified atom stereocenters. The first-order valence-corrected chi connectivity index (χ1v) is 9.84. The van der Waals surface area contributed by atoms with Crippen molar-refractivity contribution in [2.75, 3.05) is 5.32 Å². The van der Waals surface area contributed by atoms with Crippen LogP contribution in [0.4, 0.5) is 5.95 Å². The number of anilines is 1. The van der Waals surface area contributed by atoms with Crippen molar-refractivity contribution in [1.29, 1.82) is 0 Å². The van der Waals surface area contributed by atoms with Gasteiger partial charge in [-0.1, -0.05) is 36.4 Å². The van der Waals surface area contributed by atoms with Crippen LogP contribution in [0.5, 0.6) is 0 Å². The molecule has 0 radical (unpaired) electrons. The zero-order valence-electron chi connectivity index (χ0n) is 16.0. The van der Waals surface area contributed by atoms with Crippen LogP contribution in [-0.2, 0) is 0 Å². The predicted molar refractivity (Wildman–Crippen MR) is 110 cm³/mol. The van der Waals surface area contributed by atoms with Crippen LogP contribution in [0.25, 0.3) is 10.9 Å². The standard InChI is InChI=1S/C22H24N4O3/c27-18-10-8-17(9-11-18)24-22-23-13-16-7-6-15(12-19(16)25-22)21(29)26-20(28)14-4-2-1-3-5-14/h1-7,12-13,17-18,20,27-28H,8-11H2,(H,26,29)(H,23,24,25)/t17-,18-,20?. The van der Waals surface area contributed by atoms with Gasteiger partial charge in [-0.05, 0) is 37.8 Å². The molecule has 4 rings (SSSR count). The molecule has 1 aliphatic carbocycles. The van der Waals surface area contributed by atoms with Crippen LogP contribution >= 0.6 is 0 Å². The van der Waals surface area contributed by atoms with Gasteiger partial charge in [-0.3, -0.25) is 4.79 Å². The lowest BCUT2D eigenvalue weighted by Gasteiger charge is -2.26. The molecule has 1 aliphatic rings. The number of aliphatic hydroxyl groups excluding tert-OH is 2. The largest absolute Gasteiger partial charge is 0.393 e. The molecule has 7 nitrogen and oxygen atoms in total. The molecule has 3 aromatic rings. The summed E-state index contributed by atoms with van der Waals surface area (Å²) in [6.07, 6.45) is 3.74. The number of nitrogens with zero attached hydrogens (tertiary/aromatic N) is 2. The first-order chi connectivity index (χ1) is 14.1. The fourth-order valence-corrected chi connectivity index (χ4v) is 3.56. The van der Waals surface area contributed by atoms with Crippen LogP contribution in [0, 0.1) is 0 Å². The van der Waals surface area contributed by atoms with E-state index < -0.39 is 6.23 Å². The van der Waals surface area contributed by atoms with E-state index >= 15 is 0 Å². The highest BCUT2D eigenvalue weighted by molar-refractivity contribution is 5.97. The van der Waals surface area contributed by atoms with Gasteiger partial charge in [0.15, 0.2) is 6.23 Å². The van der Waals surface area contributed by atoms with Crippen LogP contribution in [0.1, 0.15) is 47.8 Å². The summed E-state index contributed by atoms with van der Waals surface area (Å²) in [6.45, 7) is 0. The predicted octanol–water partition coefficient (Wildman–Crippen LogP) is 2.77. The van der Waals surface area contributed by atoms with Crippen LogP contribution in [-0.4, -0.2) is 38.2 Å².